The fraction of sp³-hybridized carbons (Fsp3) is 0.375. The van der Waals surface area contributed by atoms with Gasteiger partial charge in [0.2, 0.25) is 21.8 Å². The summed E-state index contributed by atoms with van der Waals surface area (Å²) in [5.41, 5.74) is 3.28. The second kappa shape index (κ2) is 15.2. The maximum absolute atomic E-state index is 13.9. The molecule has 0 heterocycles. The molecule has 0 radical (unpaired) electrons. The highest BCUT2D eigenvalue weighted by Crippen LogP contribution is 2.24. The lowest BCUT2D eigenvalue weighted by Gasteiger charge is -2.33. The third-order valence-electron chi connectivity index (χ3n) is 7.05. The molecule has 2 amide bonds. The first-order valence-corrected chi connectivity index (χ1v) is 16.5. The van der Waals surface area contributed by atoms with Crippen LogP contribution in [-0.2, 0) is 32.6 Å². The second-order valence-corrected chi connectivity index (χ2v) is 13.2. The van der Waals surface area contributed by atoms with Crippen LogP contribution in [-0.4, -0.2) is 50.0 Å². The van der Waals surface area contributed by atoms with Crippen molar-refractivity contribution < 1.29 is 18.0 Å². The van der Waals surface area contributed by atoms with Crippen LogP contribution < -0.4 is 9.62 Å². The van der Waals surface area contributed by atoms with Gasteiger partial charge in [-0.25, -0.2) is 8.42 Å². The molecular formula is C32H40BrN3O4S. The first-order valence-electron chi connectivity index (χ1n) is 13.9. The summed E-state index contributed by atoms with van der Waals surface area (Å²) in [5, 5.41) is 3.07. The zero-order valence-electron chi connectivity index (χ0n) is 24.2. The molecule has 0 aliphatic heterocycles. The Kier molecular flexibility index (Phi) is 12.0. The van der Waals surface area contributed by atoms with Crippen LogP contribution in [0.3, 0.4) is 0 Å². The molecule has 0 spiro atoms. The summed E-state index contributed by atoms with van der Waals surface area (Å²) >= 11 is 3.51. The maximum atomic E-state index is 13.9. The van der Waals surface area contributed by atoms with Gasteiger partial charge in [-0.3, -0.25) is 13.9 Å². The van der Waals surface area contributed by atoms with Crippen molar-refractivity contribution in [2.24, 2.45) is 0 Å². The fourth-order valence-electron chi connectivity index (χ4n) is 4.65. The van der Waals surface area contributed by atoms with E-state index in [4.69, 9.17) is 0 Å². The van der Waals surface area contributed by atoms with E-state index in [-0.39, 0.29) is 37.4 Å². The van der Waals surface area contributed by atoms with Gasteiger partial charge in [-0.15, -0.1) is 0 Å². The molecule has 1 N–H and O–H groups in total. The van der Waals surface area contributed by atoms with Crippen LogP contribution in [0.5, 0.6) is 0 Å². The molecule has 0 aromatic heterocycles. The average molecular weight is 643 g/mol. The van der Waals surface area contributed by atoms with E-state index < -0.39 is 16.1 Å². The number of hydrogen-bond donors (Lipinski definition) is 1. The molecule has 3 rings (SSSR count). The Bertz CT molecular complexity index is 1420. The molecule has 7 nitrogen and oxygen atoms in total. The summed E-state index contributed by atoms with van der Waals surface area (Å²) in [6.07, 6.45) is 2.70. The van der Waals surface area contributed by atoms with Gasteiger partial charge < -0.3 is 10.2 Å². The van der Waals surface area contributed by atoms with Crippen LogP contribution in [0.1, 0.15) is 49.8 Å². The van der Waals surface area contributed by atoms with E-state index in [1.165, 1.54) is 10.6 Å². The normalized spacial score (nSPS) is 12.8. The summed E-state index contributed by atoms with van der Waals surface area (Å²) < 4.78 is 27.6. The zero-order valence-corrected chi connectivity index (χ0v) is 26.6. The van der Waals surface area contributed by atoms with Crippen molar-refractivity contribution in [2.45, 2.75) is 65.1 Å². The molecule has 0 fully saturated rings. The molecule has 9 heteroatoms. The van der Waals surface area contributed by atoms with E-state index in [0.717, 1.165) is 27.6 Å². The lowest BCUT2D eigenvalue weighted by molar-refractivity contribution is -0.141. The highest BCUT2D eigenvalue weighted by atomic mass is 79.9. The molecule has 0 bridgehead atoms. The molecule has 0 saturated carbocycles. The molecule has 0 aliphatic rings. The van der Waals surface area contributed by atoms with Gasteiger partial charge in [-0.05, 0) is 61.6 Å². The van der Waals surface area contributed by atoms with Crippen LogP contribution in [0.2, 0.25) is 0 Å². The fourth-order valence-corrected chi connectivity index (χ4v) is 6.12. The van der Waals surface area contributed by atoms with E-state index in [9.17, 15) is 18.0 Å². The van der Waals surface area contributed by atoms with Crippen molar-refractivity contribution in [2.75, 3.05) is 17.1 Å². The molecule has 3 aromatic rings. The Hall–Kier alpha value is -3.17. The summed E-state index contributed by atoms with van der Waals surface area (Å²) in [6, 6.07) is 23.9. The number of nitrogens with one attached hydrogen (secondary N) is 1. The molecule has 0 aliphatic carbocycles. The topological polar surface area (TPSA) is 86.8 Å². The number of amides is 2. The molecule has 41 heavy (non-hydrogen) atoms. The minimum atomic E-state index is -3.56. The van der Waals surface area contributed by atoms with Gasteiger partial charge in [0.05, 0.1) is 11.9 Å². The van der Waals surface area contributed by atoms with Gasteiger partial charge in [0, 0.05) is 36.4 Å². The van der Waals surface area contributed by atoms with Gasteiger partial charge >= 0.3 is 0 Å². The van der Waals surface area contributed by atoms with Crippen LogP contribution in [0, 0.1) is 6.92 Å². The number of anilines is 1. The Morgan fingerprint density at radius 2 is 1.61 bits per heavy atom. The van der Waals surface area contributed by atoms with Crippen LogP contribution >= 0.6 is 15.9 Å². The highest BCUT2D eigenvalue weighted by molar-refractivity contribution is 9.10. The average Bonchev–Trinajstić information content (AvgIpc) is 2.93. The van der Waals surface area contributed by atoms with Gasteiger partial charge in [-0.2, -0.15) is 0 Å². The Morgan fingerprint density at radius 1 is 0.951 bits per heavy atom. The lowest BCUT2D eigenvalue weighted by atomic mass is 10.0. The van der Waals surface area contributed by atoms with Crippen molar-refractivity contribution in [3.63, 3.8) is 0 Å². The Labute approximate surface area is 253 Å². The van der Waals surface area contributed by atoms with Crippen LogP contribution in [0.15, 0.2) is 83.3 Å². The SMILES string of the molecule is CC[C@@H](C)NC(=O)[C@H](Cc1ccccc1)N(Cc1cccc(Br)c1)C(=O)CCCN(c1ccccc1C)S(C)(=O)=O. The van der Waals surface area contributed by atoms with Gasteiger partial charge in [0.25, 0.3) is 0 Å². The van der Waals surface area contributed by atoms with E-state index in [0.29, 0.717) is 18.5 Å². The smallest absolute Gasteiger partial charge is 0.243 e. The van der Waals surface area contributed by atoms with Crippen LogP contribution in [0.4, 0.5) is 5.69 Å². The number of carbonyl (C=O) groups is 2. The molecule has 2 atom stereocenters. The maximum Gasteiger partial charge on any atom is 0.243 e. The summed E-state index contributed by atoms with van der Waals surface area (Å²) in [6.45, 7) is 6.22. The Balaban J connectivity index is 1.90. The minimum Gasteiger partial charge on any atom is -0.352 e. The van der Waals surface area contributed by atoms with Crippen molar-refractivity contribution in [1.82, 2.24) is 10.2 Å². The van der Waals surface area contributed by atoms with Crippen molar-refractivity contribution >= 4 is 43.5 Å². The summed E-state index contributed by atoms with van der Waals surface area (Å²) in [4.78, 5) is 29.2. The lowest BCUT2D eigenvalue weighted by Crippen LogP contribution is -2.52. The van der Waals surface area contributed by atoms with E-state index >= 15 is 0 Å². The molecular weight excluding hydrogens is 602 g/mol. The molecule has 0 saturated heterocycles. The number of carbonyl (C=O) groups excluding carboxylic acids is 2. The van der Waals surface area contributed by atoms with Crippen molar-refractivity contribution in [3.8, 4) is 0 Å². The van der Waals surface area contributed by atoms with Gasteiger partial charge in [0.1, 0.15) is 6.04 Å². The number of halogens is 1. The van der Waals surface area contributed by atoms with Crippen LogP contribution in [0.25, 0.3) is 0 Å². The standard InChI is InChI=1S/C32H40BrN3O4S/c1-5-25(3)34-32(38)30(22-26-14-7-6-8-15-26)35(23-27-16-11-17-28(33)21-27)31(37)19-12-20-36(41(4,39)40)29-18-10-9-13-24(29)2/h6-11,13-18,21,25,30H,5,12,19-20,22-23H2,1-4H3,(H,34,38)/t25-,30+/m1/s1. The molecule has 0 unspecified atom stereocenters. The highest BCUT2D eigenvalue weighted by Gasteiger charge is 2.31. The predicted molar refractivity (Wildman–Crippen MR) is 169 cm³/mol. The second-order valence-electron chi connectivity index (χ2n) is 10.4. The quantitative estimate of drug-likeness (QED) is 0.239. The monoisotopic (exact) mass is 641 g/mol. The first-order chi connectivity index (χ1) is 19.5. The summed E-state index contributed by atoms with van der Waals surface area (Å²) in [5.74, 6) is -0.410. The van der Waals surface area contributed by atoms with E-state index in [1.807, 2.05) is 87.5 Å². The van der Waals surface area contributed by atoms with Gasteiger partial charge in [-0.1, -0.05) is 83.5 Å². The number of benzene rings is 3. The third kappa shape index (κ3) is 9.71. The van der Waals surface area contributed by atoms with E-state index in [1.54, 1.807) is 17.0 Å². The number of hydrogen-bond acceptors (Lipinski definition) is 4. The number of nitrogens with zero attached hydrogens (tertiary/aromatic N) is 2. The molecule has 220 valence electrons. The predicted octanol–water partition coefficient (Wildman–Crippen LogP) is 5.86. The first kappa shape index (κ1) is 32.3. The summed E-state index contributed by atoms with van der Waals surface area (Å²) in [7, 11) is -3.56. The number of aryl methyl sites for hydroxylation is 1. The largest absolute Gasteiger partial charge is 0.352 e. The minimum absolute atomic E-state index is 0.0407. The van der Waals surface area contributed by atoms with Crippen molar-refractivity contribution in [1.29, 1.82) is 0 Å². The molecule has 3 aromatic carbocycles. The zero-order chi connectivity index (χ0) is 30.0. The number of sulfonamides is 1. The Morgan fingerprint density at radius 3 is 2.24 bits per heavy atom. The number of para-hydroxylation sites is 1. The van der Waals surface area contributed by atoms with Crippen molar-refractivity contribution in [3.05, 3.63) is 100 Å². The number of rotatable bonds is 14. The van der Waals surface area contributed by atoms with Gasteiger partial charge in [0.15, 0.2) is 0 Å². The third-order valence-corrected chi connectivity index (χ3v) is 8.72. The van der Waals surface area contributed by atoms with E-state index in [2.05, 4.69) is 21.2 Å².